The first-order chi connectivity index (χ1) is 8.40. The van der Waals surface area contributed by atoms with Crippen molar-refractivity contribution in [2.45, 2.75) is 33.6 Å². The third-order valence-electron chi connectivity index (χ3n) is 3.58. The summed E-state index contributed by atoms with van der Waals surface area (Å²) in [6, 6.07) is -0.0598. The molecule has 0 aliphatic carbocycles. The number of nitrogens with one attached hydrogen (secondary N) is 1. The lowest BCUT2D eigenvalue weighted by Crippen LogP contribution is -2.40. The number of urea groups is 1. The van der Waals surface area contributed by atoms with Crippen LogP contribution in [0.4, 0.5) is 4.79 Å². The van der Waals surface area contributed by atoms with E-state index in [9.17, 15) is 9.59 Å². The van der Waals surface area contributed by atoms with Crippen LogP contribution >= 0.6 is 0 Å². The first-order valence-corrected chi connectivity index (χ1v) is 6.64. The fraction of sp³-hybridized carbons (Fsp3) is 0.846. The molecule has 1 fully saturated rings. The van der Waals surface area contributed by atoms with E-state index >= 15 is 0 Å². The Balaban J connectivity index is 2.27. The Bertz CT molecular complexity index is 305. The molecule has 104 valence electrons. The molecule has 5 heteroatoms. The molecular weight excluding hydrogens is 232 g/mol. The topological polar surface area (TPSA) is 69.6 Å². The molecule has 1 rings (SSSR count). The molecule has 2 atom stereocenters. The van der Waals surface area contributed by atoms with E-state index in [0.717, 1.165) is 19.5 Å². The van der Waals surface area contributed by atoms with E-state index in [1.807, 2.05) is 11.8 Å². The largest absolute Gasteiger partial charge is 0.481 e. The SMILES string of the molecule is CC(CNC(=O)N1CCC(C(C)C)C1)CC(=O)O. The molecule has 1 saturated heterocycles. The molecule has 0 saturated carbocycles. The Morgan fingerprint density at radius 2 is 2.06 bits per heavy atom. The maximum Gasteiger partial charge on any atom is 0.317 e. The Morgan fingerprint density at radius 1 is 1.39 bits per heavy atom. The predicted molar refractivity (Wildman–Crippen MR) is 69.3 cm³/mol. The van der Waals surface area contributed by atoms with Crippen LogP contribution in [0, 0.1) is 17.8 Å². The lowest BCUT2D eigenvalue weighted by Gasteiger charge is -2.20. The minimum atomic E-state index is -0.821. The van der Waals surface area contributed by atoms with Gasteiger partial charge in [0.25, 0.3) is 0 Å². The van der Waals surface area contributed by atoms with Gasteiger partial charge in [-0.1, -0.05) is 20.8 Å². The zero-order valence-electron chi connectivity index (χ0n) is 11.5. The van der Waals surface area contributed by atoms with E-state index in [1.165, 1.54) is 0 Å². The van der Waals surface area contributed by atoms with Crippen LogP contribution in [0.25, 0.3) is 0 Å². The highest BCUT2D eigenvalue weighted by Crippen LogP contribution is 2.23. The van der Waals surface area contributed by atoms with Crippen LogP contribution in [-0.4, -0.2) is 41.6 Å². The van der Waals surface area contributed by atoms with Crippen LogP contribution in [0.2, 0.25) is 0 Å². The Labute approximate surface area is 109 Å². The van der Waals surface area contributed by atoms with Crippen molar-refractivity contribution in [3.05, 3.63) is 0 Å². The molecule has 18 heavy (non-hydrogen) atoms. The number of rotatable bonds is 5. The van der Waals surface area contributed by atoms with E-state index in [4.69, 9.17) is 5.11 Å². The molecule has 0 radical (unpaired) electrons. The minimum Gasteiger partial charge on any atom is -0.481 e. The number of hydrogen-bond acceptors (Lipinski definition) is 2. The van der Waals surface area contributed by atoms with Gasteiger partial charge in [0.1, 0.15) is 0 Å². The number of likely N-dealkylation sites (tertiary alicyclic amines) is 1. The first-order valence-electron chi connectivity index (χ1n) is 6.64. The standard InChI is InChI=1S/C13H24N2O3/c1-9(2)11-4-5-15(8-11)13(18)14-7-10(3)6-12(16)17/h9-11H,4-8H2,1-3H3,(H,14,18)(H,16,17). The van der Waals surface area contributed by atoms with Gasteiger partial charge in [-0.25, -0.2) is 4.79 Å². The average molecular weight is 256 g/mol. The quantitative estimate of drug-likeness (QED) is 0.787. The highest BCUT2D eigenvalue weighted by Gasteiger charge is 2.27. The van der Waals surface area contributed by atoms with Crippen LogP contribution in [-0.2, 0) is 4.79 Å². The number of hydrogen-bond donors (Lipinski definition) is 2. The Hall–Kier alpha value is -1.26. The van der Waals surface area contributed by atoms with Crippen molar-refractivity contribution in [2.75, 3.05) is 19.6 Å². The van der Waals surface area contributed by atoms with Crippen molar-refractivity contribution >= 4 is 12.0 Å². The van der Waals surface area contributed by atoms with Gasteiger partial charge in [-0.15, -0.1) is 0 Å². The van der Waals surface area contributed by atoms with Crippen molar-refractivity contribution in [3.63, 3.8) is 0 Å². The van der Waals surface area contributed by atoms with Gasteiger partial charge in [-0.05, 0) is 24.2 Å². The molecule has 2 N–H and O–H groups in total. The number of nitrogens with zero attached hydrogens (tertiary/aromatic N) is 1. The molecule has 2 unspecified atom stereocenters. The molecule has 0 aromatic rings. The van der Waals surface area contributed by atoms with Gasteiger partial charge in [0.2, 0.25) is 0 Å². The summed E-state index contributed by atoms with van der Waals surface area (Å²) in [6.45, 7) is 8.24. The van der Waals surface area contributed by atoms with Crippen molar-refractivity contribution < 1.29 is 14.7 Å². The average Bonchev–Trinajstić information content (AvgIpc) is 2.74. The summed E-state index contributed by atoms with van der Waals surface area (Å²) in [5, 5.41) is 11.4. The fourth-order valence-corrected chi connectivity index (χ4v) is 2.26. The van der Waals surface area contributed by atoms with Gasteiger partial charge >= 0.3 is 12.0 Å². The number of carbonyl (C=O) groups is 2. The first kappa shape index (κ1) is 14.8. The normalized spacial score (nSPS) is 21.1. The van der Waals surface area contributed by atoms with E-state index in [0.29, 0.717) is 18.4 Å². The van der Waals surface area contributed by atoms with E-state index in [1.54, 1.807) is 0 Å². The second-order valence-electron chi connectivity index (χ2n) is 5.63. The number of carbonyl (C=O) groups excluding carboxylic acids is 1. The lowest BCUT2D eigenvalue weighted by molar-refractivity contribution is -0.137. The Kier molecular flexibility index (Phi) is 5.44. The van der Waals surface area contributed by atoms with Gasteiger partial charge in [0, 0.05) is 26.1 Å². The fourth-order valence-electron chi connectivity index (χ4n) is 2.26. The third-order valence-corrected chi connectivity index (χ3v) is 3.58. The summed E-state index contributed by atoms with van der Waals surface area (Å²) >= 11 is 0. The van der Waals surface area contributed by atoms with Crippen LogP contribution in [0.3, 0.4) is 0 Å². The summed E-state index contributed by atoms with van der Waals surface area (Å²) in [6.07, 6.45) is 1.16. The monoisotopic (exact) mass is 256 g/mol. The molecule has 1 aliphatic rings. The molecule has 0 bridgehead atoms. The molecule has 0 aromatic heterocycles. The number of carboxylic acids is 1. The second kappa shape index (κ2) is 6.61. The van der Waals surface area contributed by atoms with E-state index in [-0.39, 0.29) is 18.4 Å². The van der Waals surface area contributed by atoms with Crippen LogP contribution in [0.1, 0.15) is 33.6 Å². The lowest BCUT2D eigenvalue weighted by atomic mass is 9.95. The maximum absolute atomic E-state index is 11.9. The summed E-state index contributed by atoms with van der Waals surface area (Å²) in [7, 11) is 0. The van der Waals surface area contributed by atoms with Gasteiger partial charge in [-0.3, -0.25) is 4.79 Å². The molecule has 1 aliphatic heterocycles. The molecule has 0 spiro atoms. The van der Waals surface area contributed by atoms with Crippen molar-refractivity contribution in [2.24, 2.45) is 17.8 Å². The van der Waals surface area contributed by atoms with Crippen LogP contribution in [0.5, 0.6) is 0 Å². The molecular formula is C13H24N2O3. The maximum atomic E-state index is 11.9. The highest BCUT2D eigenvalue weighted by molar-refractivity contribution is 5.74. The predicted octanol–water partition coefficient (Wildman–Crippen LogP) is 1.78. The zero-order valence-corrected chi connectivity index (χ0v) is 11.5. The molecule has 1 heterocycles. The minimum absolute atomic E-state index is 0.0325. The van der Waals surface area contributed by atoms with Gasteiger partial charge in [0.15, 0.2) is 0 Å². The van der Waals surface area contributed by atoms with E-state index < -0.39 is 5.97 Å². The van der Waals surface area contributed by atoms with Gasteiger partial charge in [-0.2, -0.15) is 0 Å². The van der Waals surface area contributed by atoms with Crippen molar-refractivity contribution in [1.82, 2.24) is 10.2 Å². The van der Waals surface area contributed by atoms with Crippen molar-refractivity contribution in [1.29, 1.82) is 0 Å². The molecule has 2 amide bonds. The van der Waals surface area contributed by atoms with Crippen LogP contribution < -0.4 is 5.32 Å². The highest BCUT2D eigenvalue weighted by atomic mass is 16.4. The molecule has 0 aromatic carbocycles. The Morgan fingerprint density at radius 3 is 2.56 bits per heavy atom. The summed E-state index contributed by atoms with van der Waals surface area (Å²) < 4.78 is 0. The van der Waals surface area contributed by atoms with Gasteiger partial charge < -0.3 is 15.3 Å². The summed E-state index contributed by atoms with van der Waals surface area (Å²) in [4.78, 5) is 24.2. The van der Waals surface area contributed by atoms with Gasteiger partial charge in [0.05, 0.1) is 0 Å². The number of carboxylic acid groups (broad SMARTS) is 1. The van der Waals surface area contributed by atoms with Crippen LogP contribution in [0.15, 0.2) is 0 Å². The zero-order chi connectivity index (χ0) is 13.7. The number of aliphatic carboxylic acids is 1. The van der Waals surface area contributed by atoms with E-state index in [2.05, 4.69) is 19.2 Å². The number of amides is 2. The summed E-state index contributed by atoms with van der Waals surface area (Å²) in [5.41, 5.74) is 0. The second-order valence-corrected chi connectivity index (χ2v) is 5.63. The third kappa shape index (κ3) is 4.55. The molecule has 5 nitrogen and oxygen atoms in total. The van der Waals surface area contributed by atoms with Crippen molar-refractivity contribution in [3.8, 4) is 0 Å². The smallest absolute Gasteiger partial charge is 0.317 e. The summed E-state index contributed by atoms with van der Waals surface area (Å²) in [5.74, 6) is 0.341.